The molecule has 100 valence electrons. The van der Waals surface area contributed by atoms with E-state index in [1.807, 2.05) is 0 Å². The van der Waals surface area contributed by atoms with E-state index >= 15 is 0 Å². The van der Waals surface area contributed by atoms with Crippen molar-refractivity contribution in [2.24, 2.45) is 0 Å². The molecule has 0 heterocycles. The maximum atomic E-state index is 12.1. The number of hydrogen-bond acceptors (Lipinski definition) is 2. The second-order valence-electron chi connectivity index (χ2n) is 4.29. The summed E-state index contributed by atoms with van der Waals surface area (Å²) >= 11 is 11.5. The Balaban J connectivity index is 2.10. The average Bonchev–Trinajstić information content (AvgIpc) is 2.34. The van der Waals surface area contributed by atoms with Gasteiger partial charge in [0.25, 0.3) is 0 Å². The number of rotatable bonds is 4. The molecule has 2 rings (SSSR count). The van der Waals surface area contributed by atoms with Crippen molar-refractivity contribution in [3.63, 3.8) is 0 Å². The first-order chi connectivity index (χ1) is 8.94. The van der Waals surface area contributed by atoms with Gasteiger partial charge in [0.15, 0.2) is 9.84 Å². The van der Waals surface area contributed by atoms with Crippen LogP contribution in [0, 0.1) is 0 Å². The zero-order chi connectivity index (χ0) is 13.9. The van der Waals surface area contributed by atoms with E-state index in [2.05, 4.69) is 0 Å². The summed E-state index contributed by atoms with van der Waals surface area (Å²) in [4.78, 5) is 0. The minimum Gasteiger partial charge on any atom is -0.228 e. The Hall–Kier alpha value is -1.03. The molecule has 2 nitrogen and oxygen atoms in total. The van der Waals surface area contributed by atoms with E-state index in [1.54, 1.807) is 48.5 Å². The normalized spacial score (nSPS) is 11.5. The molecule has 0 aliphatic carbocycles. The summed E-state index contributed by atoms with van der Waals surface area (Å²) in [7, 11) is -3.20. The molecular formula is C14H12Cl2O2S. The van der Waals surface area contributed by atoms with Crippen molar-refractivity contribution in [3.8, 4) is 0 Å². The molecule has 0 bridgehead atoms. The largest absolute Gasteiger partial charge is 0.228 e. The Morgan fingerprint density at radius 3 is 1.32 bits per heavy atom. The van der Waals surface area contributed by atoms with Crippen LogP contribution in [-0.2, 0) is 21.3 Å². The summed E-state index contributed by atoms with van der Waals surface area (Å²) in [5, 5.41) is 1.19. The predicted molar refractivity (Wildman–Crippen MR) is 79.2 cm³/mol. The molecule has 0 amide bonds. The predicted octanol–water partition coefficient (Wildman–Crippen LogP) is 4.11. The summed E-state index contributed by atoms with van der Waals surface area (Å²) in [6, 6.07) is 13.7. The van der Waals surface area contributed by atoms with Crippen molar-refractivity contribution in [1.82, 2.24) is 0 Å². The van der Waals surface area contributed by atoms with Crippen LogP contribution in [0.4, 0.5) is 0 Å². The molecule has 2 aromatic carbocycles. The van der Waals surface area contributed by atoms with Crippen molar-refractivity contribution in [2.75, 3.05) is 0 Å². The van der Waals surface area contributed by atoms with Crippen LogP contribution in [0.25, 0.3) is 0 Å². The topological polar surface area (TPSA) is 34.1 Å². The van der Waals surface area contributed by atoms with Gasteiger partial charge in [0, 0.05) is 10.0 Å². The fourth-order valence-electron chi connectivity index (χ4n) is 1.72. The SMILES string of the molecule is O=S(=O)(Cc1ccc(Cl)cc1)Cc1ccc(Cl)cc1. The van der Waals surface area contributed by atoms with Gasteiger partial charge < -0.3 is 0 Å². The third-order valence-corrected chi connectivity index (χ3v) is 4.65. The van der Waals surface area contributed by atoms with Gasteiger partial charge in [-0.05, 0) is 35.4 Å². The van der Waals surface area contributed by atoms with E-state index in [9.17, 15) is 8.42 Å². The molecule has 19 heavy (non-hydrogen) atoms. The van der Waals surface area contributed by atoms with Crippen LogP contribution in [0.5, 0.6) is 0 Å². The van der Waals surface area contributed by atoms with Gasteiger partial charge in [-0.1, -0.05) is 47.5 Å². The molecule has 0 aliphatic rings. The molecule has 0 saturated carbocycles. The number of benzene rings is 2. The standard InChI is InChI=1S/C14H12Cl2O2S/c15-13-5-1-11(2-6-13)9-19(17,18)10-12-3-7-14(16)8-4-12/h1-8H,9-10H2. The molecular weight excluding hydrogens is 303 g/mol. The highest BCUT2D eigenvalue weighted by Crippen LogP contribution is 2.16. The van der Waals surface area contributed by atoms with E-state index in [-0.39, 0.29) is 11.5 Å². The lowest BCUT2D eigenvalue weighted by Crippen LogP contribution is -2.07. The maximum absolute atomic E-state index is 12.1. The minimum atomic E-state index is -3.20. The Morgan fingerprint density at radius 1 is 0.684 bits per heavy atom. The monoisotopic (exact) mass is 314 g/mol. The molecule has 0 saturated heterocycles. The number of sulfone groups is 1. The molecule has 5 heteroatoms. The molecule has 0 spiro atoms. The Labute approximate surface area is 122 Å². The lowest BCUT2D eigenvalue weighted by atomic mass is 10.2. The lowest BCUT2D eigenvalue weighted by molar-refractivity contribution is 0.594. The zero-order valence-electron chi connectivity index (χ0n) is 10.0. The quantitative estimate of drug-likeness (QED) is 0.851. The summed E-state index contributed by atoms with van der Waals surface area (Å²) in [6.07, 6.45) is 0. The van der Waals surface area contributed by atoms with Crippen LogP contribution in [0.1, 0.15) is 11.1 Å². The van der Waals surface area contributed by atoms with Crippen LogP contribution >= 0.6 is 23.2 Å². The third kappa shape index (κ3) is 4.53. The van der Waals surface area contributed by atoms with Crippen molar-refractivity contribution in [1.29, 1.82) is 0 Å². The molecule has 0 atom stereocenters. The minimum absolute atomic E-state index is 0.00674. The van der Waals surface area contributed by atoms with Crippen molar-refractivity contribution < 1.29 is 8.42 Å². The molecule has 0 fully saturated rings. The summed E-state index contributed by atoms with van der Waals surface area (Å²) < 4.78 is 24.1. The fraction of sp³-hybridized carbons (Fsp3) is 0.143. The van der Waals surface area contributed by atoms with Gasteiger partial charge in [0.1, 0.15) is 0 Å². The van der Waals surface area contributed by atoms with Crippen molar-refractivity contribution >= 4 is 33.0 Å². The molecule has 2 aromatic rings. The summed E-state index contributed by atoms with van der Waals surface area (Å²) in [5.74, 6) is 0.0135. The zero-order valence-corrected chi connectivity index (χ0v) is 12.3. The van der Waals surface area contributed by atoms with Gasteiger partial charge in [-0.15, -0.1) is 0 Å². The van der Waals surface area contributed by atoms with E-state index in [0.29, 0.717) is 10.0 Å². The van der Waals surface area contributed by atoms with E-state index in [0.717, 1.165) is 11.1 Å². The van der Waals surface area contributed by atoms with Crippen LogP contribution in [0.3, 0.4) is 0 Å². The smallest absolute Gasteiger partial charge is 0.158 e. The maximum Gasteiger partial charge on any atom is 0.158 e. The molecule has 0 aromatic heterocycles. The van der Waals surface area contributed by atoms with Crippen molar-refractivity contribution in [2.45, 2.75) is 11.5 Å². The molecule has 0 N–H and O–H groups in total. The Morgan fingerprint density at radius 2 is 1.00 bits per heavy atom. The highest BCUT2D eigenvalue weighted by Gasteiger charge is 2.13. The Kier molecular flexibility index (Phi) is 4.50. The van der Waals surface area contributed by atoms with Gasteiger partial charge in [0.05, 0.1) is 11.5 Å². The molecule has 0 unspecified atom stereocenters. The van der Waals surface area contributed by atoms with Gasteiger partial charge in [0.2, 0.25) is 0 Å². The van der Waals surface area contributed by atoms with Crippen LogP contribution in [0.15, 0.2) is 48.5 Å². The van der Waals surface area contributed by atoms with E-state index < -0.39 is 9.84 Å². The lowest BCUT2D eigenvalue weighted by Gasteiger charge is -2.05. The van der Waals surface area contributed by atoms with E-state index in [1.165, 1.54) is 0 Å². The first-order valence-electron chi connectivity index (χ1n) is 5.64. The summed E-state index contributed by atoms with van der Waals surface area (Å²) in [5.41, 5.74) is 1.47. The molecule has 0 aliphatic heterocycles. The third-order valence-electron chi connectivity index (χ3n) is 2.60. The van der Waals surface area contributed by atoms with Crippen LogP contribution < -0.4 is 0 Å². The first-order valence-corrected chi connectivity index (χ1v) is 8.22. The summed E-state index contributed by atoms with van der Waals surface area (Å²) in [6.45, 7) is 0. The van der Waals surface area contributed by atoms with Gasteiger partial charge in [-0.25, -0.2) is 8.42 Å². The van der Waals surface area contributed by atoms with Crippen LogP contribution in [-0.4, -0.2) is 8.42 Å². The second-order valence-corrected chi connectivity index (χ2v) is 7.22. The number of halogens is 2. The fourth-order valence-corrected chi connectivity index (χ4v) is 3.47. The van der Waals surface area contributed by atoms with Crippen LogP contribution in [0.2, 0.25) is 10.0 Å². The van der Waals surface area contributed by atoms with Gasteiger partial charge >= 0.3 is 0 Å². The molecule has 0 radical (unpaired) electrons. The Bertz CT molecular complexity index is 593. The first kappa shape index (κ1) is 14.4. The van der Waals surface area contributed by atoms with Gasteiger partial charge in [-0.2, -0.15) is 0 Å². The van der Waals surface area contributed by atoms with E-state index in [4.69, 9.17) is 23.2 Å². The van der Waals surface area contributed by atoms with Gasteiger partial charge in [-0.3, -0.25) is 0 Å². The highest BCUT2D eigenvalue weighted by molar-refractivity contribution is 7.89. The number of hydrogen-bond donors (Lipinski definition) is 0. The average molecular weight is 315 g/mol. The second kappa shape index (κ2) is 5.95. The van der Waals surface area contributed by atoms with Crippen molar-refractivity contribution in [3.05, 3.63) is 69.7 Å². The highest BCUT2D eigenvalue weighted by atomic mass is 35.5.